The van der Waals surface area contributed by atoms with Crippen molar-refractivity contribution in [3.8, 4) is 11.5 Å². The molecule has 4 aromatic rings. The largest absolute Gasteiger partial charge is 0.490 e. The minimum absolute atomic E-state index is 0.0774. The maximum Gasteiger partial charge on any atom is 0.333 e. The highest BCUT2D eigenvalue weighted by atomic mass is 35.5. The molecule has 2 aliphatic heterocycles. The van der Waals surface area contributed by atoms with Crippen LogP contribution in [0.1, 0.15) is 41.6 Å². The minimum atomic E-state index is -0.865. The van der Waals surface area contributed by atoms with Crippen LogP contribution in [0.15, 0.2) is 103 Å². The van der Waals surface area contributed by atoms with Gasteiger partial charge in [0.05, 0.1) is 21.7 Å². The maximum absolute atomic E-state index is 13.1. The topological polar surface area (TPSA) is 62.2 Å². The summed E-state index contributed by atoms with van der Waals surface area (Å²) < 4.78 is 11.7. The van der Waals surface area contributed by atoms with Crippen molar-refractivity contribution < 1.29 is 19.4 Å². The van der Waals surface area contributed by atoms with Crippen molar-refractivity contribution in [2.75, 3.05) is 26.3 Å². The number of hydrogen-bond acceptors (Lipinski definition) is 5. The first-order valence-corrected chi connectivity index (χ1v) is 16.4. The summed E-state index contributed by atoms with van der Waals surface area (Å²) in [5.41, 5.74) is 5.68. The van der Waals surface area contributed by atoms with E-state index in [1.54, 1.807) is 0 Å². The van der Waals surface area contributed by atoms with Crippen LogP contribution in [-0.4, -0.2) is 59.3 Å². The summed E-state index contributed by atoms with van der Waals surface area (Å²) in [5, 5.41) is 11.6. The number of benzene rings is 4. The van der Waals surface area contributed by atoms with E-state index in [4.69, 9.17) is 32.7 Å². The van der Waals surface area contributed by atoms with E-state index in [1.807, 2.05) is 55.5 Å². The molecule has 8 heteroatoms. The molecule has 0 spiro atoms. The molecule has 0 unspecified atom stereocenters. The SMILES string of the molecule is Cc1cc(Cl)c(OCCOc2ccc(C3=C(C(=O)O)[C@H]4CN(Cc5ccccc5)C[C@@H](C3)N4[C@H](C)c3ccccc3)cc2)c(Cl)c1. The van der Waals surface area contributed by atoms with Gasteiger partial charge in [0.15, 0.2) is 5.75 Å². The molecule has 1 saturated heterocycles. The molecular weight excluding hydrogens is 619 g/mol. The first kappa shape index (κ1) is 32.1. The van der Waals surface area contributed by atoms with Crippen molar-refractivity contribution >= 4 is 34.7 Å². The summed E-state index contributed by atoms with van der Waals surface area (Å²) in [6.45, 7) is 6.99. The summed E-state index contributed by atoms with van der Waals surface area (Å²) in [4.78, 5) is 17.9. The Morgan fingerprint density at radius 2 is 1.52 bits per heavy atom. The van der Waals surface area contributed by atoms with Crippen LogP contribution in [0.2, 0.25) is 10.0 Å². The van der Waals surface area contributed by atoms with Crippen molar-refractivity contribution in [2.24, 2.45) is 0 Å². The van der Waals surface area contributed by atoms with Gasteiger partial charge >= 0.3 is 5.97 Å². The molecule has 4 aromatic carbocycles. The summed E-state index contributed by atoms with van der Waals surface area (Å²) in [6, 6.07) is 32.1. The molecule has 0 aromatic heterocycles. The molecule has 3 atom stereocenters. The Morgan fingerprint density at radius 1 is 0.891 bits per heavy atom. The van der Waals surface area contributed by atoms with Gasteiger partial charge in [-0.3, -0.25) is 9.80 Å². The Morgan fingerprint density at radius 3 is 2.17 bits per heavy atom. The number of fused-ring (bicyclic) bond motifs is 2. The zero-order chi connectivity index (χ0) is 32.2. The van der Waals surface area contributed by atoms with Gasteiger partial charge in [-0.15, -0.1) is 0 Å². The Balaban J connectivity index is 1.22. The lowest BCUT2D eigenvalue weighted by molar-refractivity contribution is -0.134. The van der Waals surface area contributed by atoms with Crippen LogP contribution in [-0.2, 0) is 11.3 Å². The lowest BCUT2D eigenvalue weighted by atomic mass is 9.80. The molecule has 238 valence electrons. The molecule has 2 aliphatic rings. The summed E-state index contributed by atoms with van der Waals surface area (Å²) in [5.74, 6) is 0.258. The molecule has 6 rings (SSSR count). The number of ether oxygens (including phenoxy) is 2. The number of aliphatic carboxylic acids is 1. The van der Waals surface area contributed by atoms with E-state index in [9.17, 15) is 9.90 Å². The number of halogens is 2. The van der Waals surface area contributed by atoms with Gasteiger partial charge in [-0.05, 0) is 72.4 Å². The predicted molar refractivity (Wildman–Crippen MR) is 184 cm³/mol. The summed E-state index contributed by atoms with van der Waals surface area (Å²) >= 11 is 12.6. The molecule has 2 bridgehead atoms. The minimum Gasteiger partial charge on any atom is -0.490 e. The van der Waals surface area contributed by atoms with Gasteiger partial charge in [-0.25, -0.2) is 4.79 Å². The molecule has 0 aliphatic carbocycles. The number of rotatable bonds is 11. The number of carboxylic acid groups (broad SMARTS) is 1. The van der Waals surface area contributed by atoms with E-state index >= 15 is 0 Å². The van der Waals surface area contributed by atoms with Crippen molar-refractivity contribution in [3.63, 3.8) is 0 Å². The third kappa shape index (κ3) is 7.11. The van der Waals surface area contributed by atoms with Crippen LogP contribution in [0.3, 0.4) is 0 Å². The van der Waals surface area contributed by atoms with Crippen LogP contribution in [0, 0.1) is 6.92 Å². The maximum atomic E-state index is 13.1. The monoisotopic (exact) mass is 656 g/mol. The van der Waals surface area contributed by atoms with Gasteiger partial charge in [0.25, 0.3) is 0 Å². The quantitative estimate of drug-likeness (QED) is 0.164. The second-order valence-electron chi connectivity index (χ2n) is 12.1. The van der Waals surface area contributed by atoms with Crippen LogP contribution in [0.4, 0.5) is 0 Å². The van der Waals surface area contributed by atoms with Gasteiger partial charge < -0.3 is 14.6 Å². The molecule has 1 N–H and O–H groups in total. The van der Waals surface area contributed by atoms with E-state index in [1.165, 1.54) is 11.1 Å². The number of carbonyl (C=O) groups is 1. The molecule has 0 radical (unpaired) electrons. The van der Waals surface area contributed by atoms with Crippen LogP contribution < -0.4 is 9.47 Å². The molecule has 2 heterocycles. The first-order chi connectivity index (χ1) is 22.3. The second-order valence-corrected chi connectivity index (χ2v) is 12.9. The fourth-order valence-electron chi connectivity index (χ4n) is 6.90. The Hall–Kier alpha value is -3.81. The number of piperazine rings is 1. The van der Waals surface area contributed by atoms with Crippen LogP contribution in [0.25, 0.3) is 5.57 Å². The van der Waals surface area contributed by atoms with E-state index in [-0.39, 0.29) is 24.7 Å². The fraction of sp³-hybridized carbons (Fsp3) is 0.289. The molecule has 46 heavy (non-hydrogen) atoms. The van der Waals surface area contributed by atoms with Gasteiger partial charge in [0.1, 0.15) is 19.0 Å². The lowest BCUT2D eigenvalue weighted by Crippen LogP contribution is -2.62. The van der Waals surface area contributed by atoms with Crippen molar-refractivity contribution in [1.82, 2.24) is 9.80 Å². The average molecular weight is 658 g/mol. The number of carboxylic acids is 1. The van der Waals surface area contributed by atoms with Crippen molar-refractivity contribution in [2.45, 2.75) is 44.9 Å². The van der Waals surface area contributed by atoms with E-state index in [0.717, 1.165) is 29.8 Å². The first-order valence-electron chi connectivity index (χ1n) is 15.6. The molecule has 0 amide bonds. The Labute approximate surface area is 280 Å². The third-order valence-electron chi connectivity index (χ3n) is 8.93. The molecule has 1 fully saturated rings. The van der Waals surface area contributed by atoms with Crippen LogP contribution in [0.5, 0.6) is 11.5 Å². The second kappa shape index (κ2) is 14.3. The fourth-order valence-corrected chi connectivity index (χ4v) is 7.61. The van der Waals surface area contributed by atoms with E-state index in [0.29, 0.717) is 46.7 Å². The molecule has 6 nitrogen and oxygen atoms in total. The number of nitrogens with zero attached hydrogens (tertiary/aromatic N) is 2. The van der Waals surface area contributed by atoms with E-state index < -0.39 is 5.97 Å². The van der Waals surface area contributed by atoms with Gasteiger partial charge in [-0.2, -0.15) is 0 Å². The molecular formula is C38H38Cl2N2O4. The zero-order valence-electron chi connectivity index (χ0n) is 26.0. The van der Waals surface area contributed by atoms with Crippen molar-refractivity contribution in [3.05, 3.63) is 135 Å². The smallest absolute Gasteiger partial charge is 0.333 e. The van der Waals surface area contributed by atoms with Gasteiger partial charge in [-0.1, -0.05) is 96.0 Å². The summed E-state index contributed by atoms with van der Waals surface area (Å²) in [7, 11) is 0. The summed E-state index contributed by atoms with van der Waals surface area (Å²) in [6.07, 6.45) is 0.646. The van der Waals surface area contributed by atoms with Gasteiger partial charge in [0.2, 0.25) is 0 Å². The molecule has 0 saturated carbocycles. The van der Waals surface area contributed by atoms with Crippen molar-refractivity contribution in [1.29, 1.82) is 0 Å². The predicted octanol–water partition coefficient (Wildman–Crippen LogP) is 8.32. The lowest BCUT2D eigenvalue weighted by Gasteiger charge is -2.53. The standard InChI is InChI=1S/C38H38Cl2N2O4/c1-25-19-33(39)37(34(40)20-25)46-18-17-45-31-15-13-29(14-16-31)32-21-30-23-41(22-27-9-5-3-6-10-27)24-35(36(32)38(43)44)42(30)26(2)28-11-7-4-8-12-28/h3-16,19-20,26,30,35H,17-18,21-24H2,1-2H3,(H,43,44)/t26-,30-,35-/m1/s1. The highest BCUT2D eigenvalue weighted by Gasteiger charge is 2.46. The normalized spacial score (nSPS) is 19.1. The van der Waals surface area contributed by atoms with E-state index in [2.05, 4.69) is 65.3 Å². The Bertz CT molecular complexity index is 1670. The van der Waals surface area contributed by atoms with Gasteiger partial charge in [0, 0.05) is 31.7 Å². The highest BCUT2D eigenvalue weighted by Crippen LogP contribution is 2.43. The third-order valence-corrected chi connectivity index (χ3v) is 9.49. The average Bonchev–Trinajstić information content (AvgIpc) is 3.04. The Kier molecular flexibility index (Phi) is 10.00. The zero-order valence-corrected chi connectivity index (χ0v) is 27.5. The van der Waals surface area contributed by atoms with Crippen LogP contribution >= 0.6 is 23.2 Å². The number of aryl methyl sites for hydroxylation is 1. The number of hydrogen-bond donors (Lipinski definition) is 1. The highest BCUT2D eigenvalue weighted by molar-refractivity contribution is 6.37.